The van der Waals surface area contributed by atoms with Crippen LogP contribution in [-0.2, 0) is 16.1 Å². The second-order valence-electron chi connectivity index (χ2n) is 15.5. The van der Waals surface area contributed by atoms with Gasteiger partial charge in [0.15, 0.2) is 6.29 Å². The average molecular weight is 753 g/mol. The fourth-order valence-electron chi connectivity index (χ4n) is 7.77. The molecule has 1 aromatic heterocycles. The number of likely N-dealkylation sites (tertiary alicyclic amines) is 2. The molecular formula is C41H53FN10O3. The minimum absolute atomic E-state index is 0.00623. The lowest BCUT2D eigenvalue weighted by atomic mass is 9.91. The lowest BCUT2D eigenvalue weighted by molar-refractivity contribution is -0.121. The van der Waals surface area contributed by atoms with E-state index >= 15 is 0 Å². The number of aromatic nitrogens is 2. The molecule has 3 aliphatic heterocycles. The summed E-state index contributed by atoms with van der Waals surface area (Å²) in [6.45, 7) is 6.71. The van der Waals surface area contributed by atoms with E-state index in [0.29, 0.717) is 18.4 Å². The molecule has 0 radical (unpaired) electrons. The first kappa shape index (κ1) is 38.1. The number of benzene rings is 2. The van der Waals surface area contributed by atoms with Crippen LogP contribution in [0.25, 0.3) is 11.1 Å². The first-order chi connectivity index (χ1) is 26.6. The number of para-hydroxylation sites is 1. The fourth-order valence-corrected chi connectivity index (χ4v) is 7.77. The Morgan fingerprint density at radius 1 is 1.00 bits per heavy atom. The summed E-state index contributed by atoms with van der Waals surface area (Å²) in [6.07, 6.45) is 11.1. The molecule has 14 heteroatoms. The number of hydrogen-bond donors (Lipinski definition) is 5. The quantitative estimate of drug-likeness (QED) is 0.102. The predicted molar refractivity (Wildman–Crippen MR) is 211 cm³/mol. The van der Waals surface area contributed by atoms with Gasteiger partial charge in [0.05, 0.1) is 46.6 Å². The zero-order valence-electron chi connectivity index (χ0n) is 32.0. The molecule has 4 fully saturated rings. The van der Waals surface area contributed by atoms with Gasteiger partial charge in [-0.1, -0.05) is 31.2 Å². The van der Waals surface area contributed by atoms with Gasteiger partial charge in [0.25, 0.3) is 5.91 Å². The van der Waals surface area contributed by atoms with Crippen molar-refractivity contribution in [2.75, 3.05) is 50.5 Å². The Hall–Kier alpha value is -5.21. The molecule has 2 saturated carbocycles. The van der Waals surface area contributed by atoms with Crippen molar-refractivity contribution < 1.29 is 18.8 Å². The van der Waals surface area contributed by atoms with E-state index in [-0.39, 0.29) is 52.7 Å². The lowest BCUT2D eigenvalue weighted by Crippen LogP contribution is -2.48. The van der Waals surface area contributed by atoms with Gasteiger partial charge in [-0.15, -0.1) is 0 Å². The molecule has 2 aromatic carbocycles. The van der Waals surface area contributed by atoms with Gasteiger partial charge in [0.2, 0.25) is 5.91 Å². The Bertz CT molecular complexity index is 1990. The minimum atomic E-state index is -0.501. The summed E-state index contributed by atoms with van der Waals surface area (Å²) >= 11 is 0. The van der Waals surface area contributed by atoms with Crippen molar-refractivity contribution in [3.63, 3.8) is 0 Å². The minimum Gasteiger partial charge on any atom is -0.393 e. The van der Waals surface area contributed by atoms with Gasteiger partial charge in [-0.2, -0.15) is 5.10 Å². The van der Waals surface area contributed by atoms with E-state index in [2.05, 4.69) is 55.4 Å². The number of anilines is 2. The largest absolute Gasteiger partial charge is 0.393 e. The molecule has 2 aliphatic carbocycles. The molecule has 0 bridgehead atoms. The van der Waals surface area contributed by atoms with Crippen LogP contribution >= 0.6 is 0 Å². The van der Waals surface area contributed by atoms with Crippen LogP contribution in [0.2, 0.25) is 0 Å². The van der Waals surface area contributed by atoms with Gasteiger partial charge >= 0.3 is 0 Å². The second-order valence-corrected chi connectivity index (χ2v) is 15.5. The maximum atomic E-state index is 14.2. The number of nitrogens with zero attached hydrogens (tertiary/aromatic N) is 5. The van der Waals surface area contributed by atoms with Crippen molar-refractivity contribution >= 4 is 29.5 Å². The first-order valence-electron chi connectivity index (χ1n) is 19.5. The third kappa shape index (κ3) is 8.40. The Morgan fingerprint density at radius 3 is 2.36 bits per heavy atom. The number of allylic oxidation sites excluding steroid dienone is 1. The predicted octanol–water partition coefficient (Wildman–Crippen LogP) is 4.36. The van der Waals surface area contributed by atoms with Crippen molar-refractivity contribution in [1.82, 2.24) is 30.2 Å². The average Bonchev–Trinajstić information content (AvgIpc) is 4.08. The van der Waals surface area contributed by atoms with Gasteiger partial charge in [-0.25, -0.2) is 4.39 Å². The van der Waals surface area contributed by atoms with Crippen LogP contribution in [-0.4, -0.2) is 84.0 Å². The van der Waals surface area contributed by atoms with Crippen molar-refractivity contribution in [3.05, 3.63) is 88.5 Å². The number of rotatable bonds is 12. The van der Waals surface area contributed by atoms with Gasteiger partial charge < -0.3 is 37.2 Å². The van der Waals surface area contributed by atoms with Crippen LogP contribution in [0, 0.1) is 11.7 Å². The number of nitrogens with two attached hydrogens (primary N) is 2. The van der Waals surface area contributed by atoms with Crippen LogP contribution in [0.5, 0.6) is 0 Å². The van der Waals surface area contributed by atoms with Crippen molar-refractivity contribution in [2.45, 2.75) is 76.5 Å². The lowest BCUT2D eigenvalue weighted by Gasteiger charge is -2.43. The van der Waals surface area contributed by atoms with Crippen LogP contribution in [0.4, 0.5) is 15.8 Å². The third-order valence-corrected chi connectivity index (χ3v) is 11.2. The summed E-state index contributed by atoms with van der Waals surface area (Å²) < 4.78 is 16.3. The standard InChI is InChI=1S/C36H42FN9O3.C5H11N/c1-3-30-34-25(15-40-46(34)23-17-45(18-23)16-21-6-4-8-27(37)26(21)19-47)24-7-5-9-28(33(24)44(30)2)42-29(32(39)36(49)41-22-12-13-22)14-31(38)43-35(48)20-10-11-20;1-6-4-2-3-5-6/h4-9,14-15,19-20,22-23,30,42H,3,10-13,16-18,38-39H2,1-2H3,(H,41,49)(H,43,48);2-5H2,1H3/b31-14+,32-29+;. The molecule has 0 spiro atoms. The van der Waals surface area contributed by atoms with E-state index in [1.807, 2.05) is 25.4 Å². The van der Waals surface area contributed by atoms with E-state index in [4.69, 9.17) is 16.6 Å². The van der Waals surface area contributed by atoms with Crippen LogP contribution in [0.3, 0.4) is 0 Å². The molecule has 4 heterocycles. The molecule has 2 saturated heterocycles. The number of nitrogens with one attached hydrogen (secondary N) is 3. The smallest absolute Gasteiger partial charge is 0.269 e. The highest BCUT2D eigenvalue weighted by atomic mass is 19.1. The van der Waals surface area contributed by atoms with E-state index < -0.39 is 11.7 Å². The molecule has 1 unspecified atom stereocenters. The molecule has 5 aliphatic rings. The molecule has 1 atom stereocenters. The Labute approximate surface area is 321 Å². The van der Waals surface area contributed by atoms with Crippen LogP contribution < -0.4 is 32.3 Å². The number of halogens is 1. The zero-order chi connectivity index (χ0) is 38.8. The van der Waals surface area contributed by atoms with Crippen molar-refractivity contribution in [3.8, 4) is 11.1 Å². The van der Waals surface area contributed by atoms with Gasteiger partial charge in [0.1, 0.15) is 17.3 Å². The number of aldehydes is 1. The topological polar surface area (TPSA) is 167 Å². The second kappa shape index (κ2) is 16.3. The molecule has 3 aromatic rings. The Kier molecular flexibility index (Phi) is 11.3. The summed E-state index contributed by atoms with van der Waals surface area (Å²) in [5.41, 5.74) is 18.5. The van der Waals surface area contributed by atoms with E-state index in [1.165, 1.54) is 38.1 Å². The number of hydrogen-bond acceptors (Lipinski definition) is 10. The summed E-state index contributed by atoms with van der Waals surface area (Å²) in [4.78, 5) is 43.8. The van der Waals surface area contributed by atoms with Crippen LogP contribution in [0.15, 0.2) is 65.9 Å². The monoisotopic (exact) mass is 752 g/mol. The number of carbonyl (C=O) groups excluding carboxylic acids is 3. The van der Waals surface area contributed by atoms with Gasteiger partial charge in [-0.05, 0) is 82.8 Å². The maximum Gasteiger partial charge on any atom is 0.269 e. The summed E-state index contributed by atoms with van der Waals surface area (Å²) in [5.74, 6) is -0.978. The summed E-state index contributed by atoms with van der Waals surface area (Å²) in [5, 5.41) is 13.9. The molecule has 7 N–H and O–H groups in total. The fraction of sp³-hybridized carbons (Fsp3) is 0.463. The molecule has 2 amide bonds. The Morgan fingerprint density at radius 2 is 1.73 bits per heavy atom. The molecule has 55 heavy (non-hydrogen) atoms. The summed E-state index contributed by atoms with van der Waals surface area (Å²) in [6, 6.07) is 10.9. The highest BCUT2D eigenvalue weighted by molar-refractivity contribution is 5.96. The van der Waals surface area contributed by atoms with E-state index in [1.54, 1.807) is 12.1 Å². The Balaban J connectivity index is 0.000000708. The molecular weight excluding hydrogens is 700 g/mol. The molecule has 8 rings (SSSR count). The van der Waals surface area contributed by atoms with E-state index in [9.17, 15) is 18.8 Å². The number of carbonyl (C=O) groups is 3. The van der Waals surface area contributed by atoms with Crippen molar-refractivity contribution in [2.24, 2.45) is 17.4 Å². The highest BCUT2D eigenvalue weighted by Gasteiger charge is 2.38. The summed E-state index contributed by atoms with van der Waals surface area (Å²) in [7, 11) is 4.22. The molecule has 292 valence electrons. The number of fused-ring (bicyclic) bond motifs is 3. The first-order valence-corrected chi connectivity index (χ1v) is 19.5. The maximum absolute atomic E-state index is 14.2. The van der Waals surface area contributed by atoms with Crippen molar-refractivity contribution in [1.29, 1.82) is 0 Å². The highest BCUT2D eigenvalue weighted by Crippen LogP contribution is 2.49. The van der Waals surface area contributed by atoms with Gasteiger partial charge in [0, 0.05) is 55.8 Å². The third-order valence-electron chi connectivity index (χ3n) is 11.2. The van der Waals surface area contributed by atoms with E-state index in [0.717, 1.165) is 73.4 Å². The SMILES string of the molecule is CCC1c2c(cnn2C2CN(Cc3cccc(F)c3C=O)C2)-c2cccc(NC(/C=C(\N)NC(=O)C3CC3)=C(/N)C(=O)NC3CC3)c2N1C.CN1CCCC1. The molecule has 13 nitrogen and oxygen atoms in total. The van der Waals surface area contributed by atoms with Gasteiger partial charge in [-0.3, -0.25) is 24.0 Å². The zero-order valence-corrected chi connectivity index (χ0v) is 32.0. The normalized spacial score (nSPS) is 20.3. The number of amides is 2. The van der Waals surface area contributed by atoms with Crippen LogP contribution in [0.1, 0.15) is 85.6 Å².